The first kappa shape index (κ1) is 17.6. The number of pyridine rings is 1. The number of benzene rings is 1. The number of rotatable bonds is 3. The third kappa shape index (κ3) is 3.52. The SMILES string of the molecule is O=C(CN1CC2C[C@H](C1)c1cccc(=O)n1C2)Nc1ccc(Cl)c(Cl)c1. The molecule has 2 atom stereocenters. The predicted molar refractivity (Wildman–Crippen MR) is 103 cm³/mol. The molecular weight excluding hydrogens is 373 g/mol. The number of amides is 1. The van der Waals surface area contributed by atoms with Gasteiger partial charge in [-0.25, -0.2) is 0 Å². The molecule has 0 aliphatic carbocycles. The number of hydrogen-bond acceptors (Lipinski definition) is 3. The molecule has 1 fully saturated rings. The zero-order chi connectivity index (χ0) is 18.3. The van der Waals surface area contributed by atoms with Gasteiger partial charge in [-0.2, -0.15) is 0 Å². The Kier molecular flexibility index (Phi) is 4.78. The monoisotopic (exact) mass is 391 g/mol. The Labute approximate surface area is 161 Å². The molecule has 3 heterocycles. The highest BCUT2D eigenvalue weighted by atomic mass is 35.5. The van der Waals surface area contributed by atoms with Gasteiger partial charge in [0.15, 0.2) is 0 Å². The summed E-state index contributed by atoms with van der Waals surface area (Å²) in [5.74, 6) is 0.627. The van der Waals surface area contributed by atoms with E-state index in [1.54, 1.807) is 24.3 Å². The second-order valence-corrected chi connectivity index (χ2v) is 7.88. The van der Waals surface area contributed by atoms with Crippen LogP contribution >= 0.6 is 23.2 Å². The molecule has 2 aliphatic heterocycles. The minimum Gasteiger partial charge on any atom is -0.325 e. The molecule has 2 aromatic rings. The quantitative estimate of drug-likeness (QED) is 0.873. The number of carbonyl (C=O) groups is 1. The molecule has 0 radical (unpaired) electrons. The predicted octanol–water partition coefficient (Wildman–Crippen LogP) is 3.21. The largest absolute Gasteiger partial charge is 0.325 e. The molecule has 1 unspecified atom stereocenters. The smallest absolute Gasteiger partial charge is 0.250 e. The van der Waals surface area contributed by atoms with Crippen molar-refractivity contribution < 1.29 is 4.79 Å². The van der Waals surface area contributed by atoms with E-state index in [-0.39, 0.29) is 11.5 Å². The van der Waals surface area contributed by atoms with Crippen molar-refractivity contribution in [2.45, 2.75) is 18.9 Å². The Hall–Kier alpha value is -1.82. The third-order valence-corrected chi connectivity index (χ3v) is 5.86. The summed E-state index contributed by atoms with van der Waals surface area (Å²) in [7, 11) is 0. The van der Waals surface area contributed by atoms with Crippen molar-refractivity contribution in [1.82, 2.24) is 9.47 Å². The topological polar surface area (TPSA) is 54.3 Å². The molecule has 1 aromatic carbocycles. The zero-order valence-electron chi connectivity index (χ0n) is 14.1. The lowest BCUT2D eigenvalue weighted by atomic mass is 9.83. The van der Waals surface area contributed by atoms with Gasteiger partial charge < -0.3 is 9.88 Å². The van der Waals surface area contributed by atoms with E-state index in [1.807, 2.05) is 16.7 Å². The molecule has 5 nitrogen and oxygen atoms in total. The summed E-state index contributed by atoms with van der Waals surface area (Å²) in [5.41, 5.74) is 1.80. The maximum absolute atomic E-state index is 12.4. The number of likely N-dealkylation sites (tertiary alicyclic amines) is 1. The first-order valence-electron chi connectivity index (χ1n) is 8.66. The van der Waals surface area contributed by atoms with Crippen molar-refractivity contribution in [3.05, 3.63) is 62.5 Å². The molecule has 2 bridgehead atoms. The van der Waals surface area contributed by atoms with Crippen LogP contribution < -0.4 is 10.9 Å². The molecule has 0 spiro atoms. The van der Waals surface area contributed by atoms with Crippen molar-refractivity contribution in [3.63, 3.8) is 0 Å². The Morgan fingerprint density at radius 3 is 2.77 bits per heavy atom. The highest BCUT2D eigenvalue weighted by Crippen LogP contribution is 2.34. The summed E-state index contributed by atoms with van der Waals surface area (Å²) in [5, 5.41) is 3.75. The van der Waals surface area contributed by atoms with Crippen LogP contribution in [0, 0.1) is 5.92 Å². The van der Waals surface area contributed by atoms with Crippen molar-refractivity contribution in [2.24, 2.45) is 5.92 Å². The van der Waals surface area contributed by atoms with E-state index in [2.05, 4.69) is 10.2 Å². The van der Waals surface area contributed by atoms with E-state index in [0.29, 0.717) is 34.1 Å². The summed E-state index contributed by atoms with van der Waals surface area (Å²) in [6.45, 7) is 2.67. The summed E-state index contributed by atoms with van der Waals surface area (Å²) < 4.78 is 1.89. The van der Waals surface area contributed by atoms with Gasteiger partial charge in [0.1, 0.15) is 0 Å². The van der Waals surface area contributed by atoms with Crippen molar-refractivity contribution in [3.8, 4) is 0 Å². The number of halogens is 2. The zero-order valence-corrected chi connectivity index (χ0v) is 15.6. The minimum absolute atomic E-state index is 0.0722. The number of hydrogen-bond donors (Lipinski definition) is 1. The van der Waals surface area contributed by atoms with Crippen LogP contribution in [-0.2, 0) is 11.3 Å². The van der Waals surface area contributed by atoms with Crippen LogP contribution in [0.15, 0.2) is 41.2 Å². The maximum Gasteiger partial charge on any atom is 0.250 e. The average molecular weight is 392 g/mol. The van der Waals surface area contributed by atoms with Crippen LogP contribution in [0.25, 0.3) is 0 Å². The van der Waals surface area contributed by atoms with E-state index in [0.717, 1.165) is 31.7 Å². The van der Waals surface area contributed by atoms with Gasteiger partial charge in [0.25, 0.3) is 5.56 Å². The van der Waals surface area contributed by atoms with Gasteiger partial charge in [0.05, 0.1) is 16.6 Å². The van der Waals surface area contributed by atoms with Crippen LogP contribution in [0.2, 0.25) is 10.0 Å². The summed E-state index contributed by atoms with van der Waals surface area (Å²) in [4.78, 5) is 26.7. The van der Waals surface area contributed by atoms with Gasteiger partial charge in [-0.05, 0) is 36.6 Å². The van der Waals surface area contributed by atoms with Crippen molar-refractivity contribution in [1.29, 1.82) is 0 Å². The Morgan fingerprint density at radius 2 is 1.96 bits per heavy atom. The normalized spacial score (nSPS) is 21.9. The fraction of sp³-hybridized carbons (Fsp3) is 0.368. The Morgan fingerprint density at radius 1 is 1.12 bits per heavy atom. The first-order valence-corrected chi connectivity index (χ1v) is 9.42. The van der Waals surface area contributed by atoms with Crippen molar-refractivity contribution in [2.75, 3.05) is 25.0 Å². The maximum atomic E-state index is 12.4. The third-order valence-electron chi connectivity index (χ3n) is 5.13. The number of carbonyl (C=O) groups excluding carboxylic acids is 1. The number of anilines is 1. The molecule has 136 valence electrons. The van der Waals surface area contributed by atoms with Crippen LogP contribution in [0.3, 0.4) is 0 Å². The highest BCUT2D eigenvalue weighted by molar-refractivity contribution is 6.42. The summed E-state index contributed by atoms with van der Waals surface area (Å²) >= 11 is 11.9. The molecule has 4 rings (SSSR count). The van der Waals surface area contributed by atoms with Crippen LogP contribution in [0.5, 0.6) is 0 Å². The fourth-order valence-electron chi connectivity index (χ4n) is 4.10. The molecule has 1 aromatic heterocycles. The number of nitrogens with zero attached hydrogens (tertiary/aromatic N) is 2. The van der Waals surface area contributed by atoms with Crippen LogP contribution in [0.4, 0.5) is 5.69 Å². The molecule has 2 aliphatic rings. The van der Waals surface area contributed by atoms with Gasteiger partial charge in [0, 0.05) is 43.0 Å². The van der Waals surface area contributed by atoms with Gasteiger partial charge >= 0.3 is 0 Å². The second kappa shape index (κ2) is 7.06. The van der Waals surface area contributed by atoms with Gasteiger partial charge in [-0.1, -0.05) is 29.3 Å². The number of aromatic nitrogens is 1. The lowest BCUT2D eigenvalue weighted by Crippen LogP contribution is -2.49. The summed E-state index contributed by atoms with van der Waals surface area (Å²) in [6.07, 6.45) is 1.08. The molecule has 1 saturated heterocycles. The van der Waals surface area contributed by atoms with Crippen LogP contribution in [0.1, 0.15) is 18.0 Å². The lowest BCUT2D eigenvalue weighted by molar-refractivity contribution is -0.117. The highest BCUT2D eigenvalue weighted by Gasteiger charge is 2.34. The molecule has 0 saturated carbocycles. The molecule has 1 amide bonds. The molecular formula is C19H19Cl2N3O2. The van der Waals surface area contributed by atoms with E-state index in [4.69, 9.17) is 23.2 Å². The van der Waals surface area contributed by atoms with Crippen molar-refractivity contribution >= 4 is 34.8 Å². The van der Waals surface area contributed by atoms with E-state index < -0.39 is 0 Å². The number of nitrogens with one attached hydrogen (secondary N) is 1. The lowest BCUT2D eigenvalue weighted by Gasteiger charge is -2.42. The Balaban J connectivity index is 1.43. The summed E-state index contributed by atoms with van der Waals surface area (Å²) in [6, 6.07) is 10.5. The van der Waals surface area contributed by atoms with E-state index in [1.165, 1.54) is 0 Å². The average Bonchev–Trinajstić information content (AvgIpc) is 2.59. The number of piperidine rings is 1. The van der Waals surface area contributed by atoms with Gasteiger partial charge in [-0.3, -0.25) is 14.5 Å². The molecule has 1 N–H and O–H groups in total. The second-order valence-electron chi connectivity index (χ2n) is 7.07. The minimum atomic E-state index is -0.0752. The Bertz CT molecular complexity index is 912. The standard InChI is InChI=1S/C19H19Cl2N3O2/c20-15-5-4-14(7-16(15)21)22-18(25)11-23-8-12-6-13(10-23)17-2-1-3-19(26)24(17)9-12/h1-5,7,12-13H,6,8-11H2,(H,22,25)/t12?,13-/m1/s1. The van der Waals surface area contributed by atoms with E-state index in [9.17, 15) is 9.59 Å². The molecule has 7 heteroatoms. The van der Waals surface area contributed by atoms with E-state index >= 15 is 0 Å². The molecule has 26 heavy (non-hydrogen) atoms. The van der Waals surface area contributed by atoms with Gasteiger partial charge in [-0.15, -0.1) is 0 Å². The fourth-order valence-corrected chi connectivity index (χ4v) is 4.40. The number of fused-ring (bicyclic) bond motifs is 4. The van der Waals surface area contributed by atoms with Gasteiger partial charge in [0.2, 0.25) is 5.91 Å². The van der Waals surface area contributed by atoms with Crippen LogP contribution in [-0.4, -0.2) is 35.0 Å². The first-order chi connectivity index (χ1) is 12.5.